The molecule has 0 bridgehead atoms. The molecular weight excluding hydrogens is 124 g/mol. The monoisotopic (exact) mass is 138 g/mol. The van der Waals surface area contributed by atoms with Gasteiger partial charge in [0.05, 0.1) is 0 Å². The lowest BCUT2D eigenvalue weighted by Crippen LogP contribution is -2.29. The summed E-state index contributed by atoms with van der Waals surface area (Å²) in [5.41, 5.74) is 0.260. The Morgan fingerprint density at radius 2 is 2.40 bits per heavy atom. The maximum atomic E-state index is 11.0. The number of hydrogen-bond acceptors (Lipinski definition) is 1. The van der Waals surface area contributed by atoms with Gasteiger partial charge in [0.1, 0.15) is 5.78 Å². The van der Waals surface area contributed by atoms with Crippen LogP contribution in [0, 0.1) is 11.3 Å². The van der Waals surface area contributed by atoms with E-state index in [2.05, 4.69) is 6.92 Å². The van der Waals surface area contributed by atoms with Gasteiger partial charge >= 0.3 is 0 Å². The van der Waals surface area contributed by atoms with E-state index in [1.54, 1.807) is 0 Å². The van der Waals surface area contributed by atoms with E-state index < -0.39 is 0 Å². The van der Waals surface area contributed by atoms with E-state index in [4.69, 9.17) is 0 Å². The summed E-state index contributed by atoms with van der Waals surface area (Å²) in [6.07, 6.45) is 5.97. The summed E-state index contributed by atoms with van der Waals surface area (Å²) in [6.45, 7) is 2.21. The van der Waals surface area contributed by atoms with Gasteiger partial charge in [-0.2, -0.15) is 0 Å². The second kappa shape index (κ2) is 1.84. The Morgan fingerprint density at radius 1 is 1.70 bits per heavy atom. The average Bonchev–Trinajstić information content (AvgIpc) is 2.57. The molecule has 2 aliphatic carbocycles. The predicted octanol–water partition coefficient (Wildman–Crippen LogP) is 2.16. The van der Waals surface area contributed by atoms with Crippen LogP contribution in [0.3, 0.4) is 0 Å². The highest BCUT2D eigenvalue weighted by Crippen LogP contribution is 2.62. The predicted molar refractivity (Wildman–Crippen MR) is 39.7 cm³/mol. The minimum atomic E-state index is 0.260. The molecule has 0 heterocycles. The SMILES string of the molecule is CCC[C@@H]1CC[C@@]12CC2=O. The fourth-order valence-electron chi connectivity index (χ4n) is 2.31. The number of rotatable bonds is 2. The van der Waals surface area contributed by atoms with Gasteiger partial charge in [0.25, 0.3) is 0 Å². The third-order valence-corrected chi connectivity index (χ3v) is 3.26. The minimum absolute atomic E-state index is 0.260. The molecule has 0 aromatic carbocycles. The number of hydrogen-bond donors (Lipinski definition) is 0. The summed E-state index contributed by atoms with van der Waals surface area (Å²) in [4.78, 5) is 11.0. The van der Waals surface area contributed by atoms with Gasteiger partial charge in [0.15, 0.2) is 0 Å². The van der Waals surface area contributed by atoms with Crippen LogP contribution in [0.5, 0.6) is 0 Å². The van der Waals surface area contributed by atoms with Crippen LogP contribution in [0.25, 0.3) is 0 Å². The highest BCUT2D eigenvalue weighted by atomic mass is 16.1. The van der Waals surface area contributed by atoms with Crippen molar-refractivity contribution in [3.05, 3.63) is 0 Å². The van der Waals surface area contributed by atoms with Crippen molar-refractivity contribution in [3.63, 3.8) is 0 Å². The molecule has 0 amide bonds. The smallest absolute Gasteiger partial charge is 0.140 e. The second-order valence-corrected chi connectivity index (χ2v) is 3.78. The molecule has 1 nitrogen and oxygen atoms in total. The molecule has 2 rings (SSSR count). The highest BCUT2D eigenvalue weighted by Gasteiger charge is 2.63. The van der Waals surface area contributed by atoms with Crippen LogP contribution in [0.1, 0.15) is 39.0 Å². The van der Waals surface area contributed by atoms with Crippen LogP contribution in [0.2, 0.25) is 0 Å². The third kappa shape index (κ3) is 0.609. The van der Waals surface area contributed by atoms with Gasteiger partial charge in [0.2, 0.25) is 0 Å². The van der Waals surface area contributed by atoms with E-state index in [9.17, 15) is 4.79 Å². The van der Waals surface area contributed by atoms with Crippen LogP contribution < -0.4 is 0 Å². The molecule has 0 saturated heterocycles. The van der Waals surface area contributed by atoms with E-state index in [1.165, 1.54) is 25.7 Å². The molecule has 0 unspecified atom stereocenters. The quantitative estimate of drug-likeness (QED) is 0.571. The molecule has 0 N–H and O–H groups in total. The van der Waals surface area contributed by atoms with Crippen LogP contribution >= 0.6 is 0 Å². The van der Waals surface area contributed by atoms with E-state index >= 15 is 0 Å². The molecule has 2 aliphatic rings. The molecule has 0 aromatic heterocycles. The van der Waals surface area contributed by atoms with Crippen molar-refractivity contribution in [1.29, 1.82) is 0 Å². The summed E-state index contributed by atoms with van der Waals surface area (Å²) in [5, 5.41) is 0. The summed E-state index contributed by atoms with van der Waals surface area (Å²) in [7, 11) is 0. The Balaban J connectivity index is 1.95. The van der Waals surface area contributed by atoms with Crippen LogP contribution in [-0.4, -0.2) is 5.78 Å². The molecular formula is C9H14O. The van der Waals surface area contributed by atoms with Gasteiger partial charge in [-0.1, -0.05) is 13.3 Å². The van der Waals surface area contributed by atoms with Gasteiger partial charge in [-0.15, -0.1) is 0 Å². The van der Waals surface area contributed by atoms with Gasteiger partial charge in [0, 0.05) is 11.8 Å². The minimum Gasteiger partial charge on any atom is -0.299 e. The Morgan fingerprint density at radius 3 is 2.70 bits per heavy atom. The van der Waals surface area contributed by atoms with Gasteiger partial charge in [-0.05, 0) is 25.2 Å². The van der Waals surface area contributed by atoms with E-state index in [0.717, 1.165) is 12.3 Å². The fraction of sp³-hybridized carbons (Fsp3) is 0.889. The maximum absolute atomic E-state index is 11.0. The first-order valence-corrected chi connectivity index (χ1v) is 4.33. The Bertz CT molecular complexity index is 174. The van der Waals surface area contributed by atoms with Crippen molar-refractivity contribution in [2.75, 3.05) is 0 Å². The van der Waals surface area contributed by atoms with Gasteiger partial charge in [-0.3, -0.25) is 4.79 Å². The first-order valence-electron chi connectivity index (χ1n) is 4.33. The molecule has 1 heteroatoms. The van der Waals surface area contributed by atoms with Crippen molar-refractivity contribution in [2.45, 2.75) is 39.0 Å². The third-order valence-electron chi connectivity index (χ3n) is 3.26. The Labute approximate surface area is 61.8 Å². The normalized spacial score (nSPS) is 43.7. The standard InChI is InChI=1S/C9H14O/c1-2-3-7-4-5-9(7)6-8(9)10/h7H,2-6H2,1H3/t7-,9-/m1/s1. The Hall–Kier alpha value is -0.330. The van der Waals surface area contributed by atoms with Crippen LogP contribution in [0.4, 0.5) is 0 Å². The fourth-order valence-corrected chi connectivity index (χ4v) is 2.31. The maximum Gasteiger partial charge on any atom is 0.140 e. The molecule has 2 atom stereocenters. The molecule has 2 fully saturated rings. The van der Waals surface area contributed by atoms with Crippen LogP contribution in [-0.2, 0) is 4.79 Å². The molecule has 0 radical (unpaired) electrons. The Kier molecular flexibility index (Phi) is 1.17. The van der Waals surface area contributed by atoms with Crippen molar-refractivity contribution < 1.29 is 4.79 Å². The largest absolute Gasteiger partial charge is 0.299 e. The molecule has 10 heavy (non-hydrogen) atoms. The summed E-state index contributed by atoms with van der Waals surface area (Å²) in [5.74, 6) is 1.34. The zero-order valence-electron chi connectivity index (χ0n) is 6.52. The van der Waals surface area contributed by atoms with Crippen molar-refractivity contribution in [3.8, 4) is 0 Å². The topological polar surface area (TPSA) is 17.1 Å². The zero-order valence-corrected chi connectivity index (χ0v) is 6.52. The van der Waals surface area contributed by atoms with E-state index in [-0.39, 0.29) is 5.41 Å². The number of carbonyl (C=O) groups is 1. The molecule has 0 aliphatic heterocycles. The van der Waals surface area contributed by atoms with Gasteiger partial charge < -0.3 is 0 Å². The van der Waals surface area contributed by atoms with Crippen molar-refractivity contribution in [1.82, 2.24) is 0 Å². The molecule has 0 aromatic rings. The first-order chi connectivity index (χ1) is 4.79. The van der Waals surface area contributed by atoms with E-state index in [1.807, 2.05) is 0 Å². The first kappa shape index (κ1) is 6.38. The second-order valence-electron chi connectivity index (χ2n) is 3.78. The number of ketones is 1. The summed E-state index contributed by atoms with van der Waals surface area (Å²) < 4.78 is 0. The van der Waals surface area contributed by atoms with Crippen molar-refractivity contribution >= 4 is 5.78 Å². The van der Waals surface area contributed by atoms with E-state index in [0.29, 0.717) is 5.78 Å². The number of Topliss-reactive ketones (excluding diaryl/α,β-unsaturated/α-hetero) is 1. The lowest BCUT2D eigenvalue weighted by Gasteiger charge is -2.35. The molecule has 1 spiro atoms. The average molecular weight is 138 g/mol. The lowest BCUT2D eigenvalue weighted by atomic mass is 9.68. The lowest BCUT2D eigenvalue weighted by molar-refractivity contribution is -0.116. The van der Waals surface area contributed by atoms with Crippen molar-refractivity contribution in [2.24, 2.45) is 11.3 Å². The number of carbonyl (C=O) groups excluding carboxylic acids is 1. The molecule has 56 valence electrons. The summed E-state index contributed by atoms with van der Waals surface area (Å²) in [6, 6.07) is 0. The zero-order chi connectivity index (χ0) is 7.19. The summed E-state index contributed by atoms with van der Waals surface area (Å²) >= 11 is 0. The molecule has 2 saturated carbocycles. The van der Waals surface area contributed by atoms with Crippen LogP contribution in [0.15, 0.2) is 0 Å². The van der Waals surface area contributed by atoms with Gasteiger partial charge in [-0.25, -0.2) is 0 Å². The highest BCUT2D eigenvalue weighted by molar-refractivity contribution is 6.01.